The lowest BCUT2D eigenvalue weighted by Crippen LogP contribution is -2.22. The van der Waals surface area contributed by atoms with Crippen molar-refractivity contribution in [1.82, 2.24) is 15.4 Å². The molecular weight excluding hydrogens is 358 g/mol. The highest BCUT2D eigenvalue weighted by Crippen LogP contribution is 2.35. The molecule has 29 heavy (non-hydrogen) atoms. The molecule has 0 amide bonds. The van der Waals surface area contributed by atoms with Crippen molar-refractivity contribution in [2.45, 2.75) is 104 Å². The zero-order chi connectivity index (χ0) is 21.2. The molecular formula is C24H43N5. The average molecular weight is 402 g/mol. The molecule has 4 unspecified atom stereocenters. The molecule has 0 radical (unpaired) electrons. The van der Waals surface area contributed by atoms with E-state index in [1.807, 2.05) is 0 Å². The van der Waals surface area contributed by atoms with Crippen LogP contribution in [-0.4, -0.2) is 15.4 Å². The predicted octanol–water partition coefficient (Wildman–Crippen LogP) is 6.17. The third-order valence-electron chi connectivity index (χ3n) is 6.60. The second-order valence-electron chi connectivity index (χ2n) is 8.79. The summed E-state index contributed by atoms with van der Waals surface area (Å²) in [7, 11) is 0. The molecule has 2 rings (SSSR count). The summed E-state index contributed by atoms with van der Waals surface area (Å²) in [6.45, 7) is 9.06. The topological polar surface area (TPSA) is 93.6 Å². The van der Waals surface area contributed by atoms with Gasteiger partial charge >= 0.3 is 0 Å². The first-order valence-electron chi connectivity index (χ1n) is 11.9. The van der Waals surface area contributed by atoms with Crippen molar-refractivity contribution in [3.63, 3.8) is 0 Å². The smallest absolute Gasteiger partial charge is 0.118 e. The van der Waals surface area contributed by atoms with Crippen LogP contribution >= 0.6 is 0 Å². The standard InChI is InChI=1S/C24H43N5/c1-5-9-11-17(7-3)15-20(25)19-13-14-22-24(28-29-27-22)23(19)21(26)16-18(8-4)12-10-6-2/h13-14,17-18,20-21H,5-12,15-16,25-26H2,1-4H3,(H,27,28,29). The van der Waals surface area contributed by atoms with Crippen LogP contribution in [0.15, 0.2) is 12.1 Å². The molecule has 0 aliphatic rings. The maximum absolute atomic E-state index is 6.81. The summed E-state index contributed by atoms with van der Waals surface area (Å²) >= 11 is 0. The lowest BCUT2D eigenvalue weighted by atomic mass is 9.83. The fourth-order valence-electron chi connectivity index (χ4n) is 4.59. The molecule has 5 heteroatoms. The molecule has 4 atom stereocenters. The Morgan fingerprint density at radius 2 is 1.45 bits per heavy atom. The van der Waals surface area contributed by atoms with Gasteiger partial charge in [0.2, 0.25) is 0 Å². The number of nitrogens with one attached hydrogen (secondary N) is 1. The lowest BCUT2D eigenvalue weighted by molar-refractivity contribution is 0.377. The summed E-state index contributed by atoms with van der Waals surface area (Å²) < 4.78 is 0. The number of unbranched alkanes of at least 4 members (excludes halogenated alkanes) is 2. The fraction of sp³-hybridized carbons (Fsp3) is 0.750. The van der Waals surface area contributed by atoms with Crippen LogP contribution < -0.4 is 11.5 Å². The van der Waals surface area contributed by atoms with E-state index in [-0.39, 0.29) is 12.1 Å². The van der Waals surface area contributed by atoms with Crippen LogP contribution in [0.4, 0.5) is 0 Å². The fourth-order valence-corrected chi connectivity index (χ4v) is 4.59. The lowest BCUT2D eigenvalue weighted by Gasteiger charge is -2.26. The van der Waals surface area contributed by atoms with Crippen LogP contribution in [0.2, 0.25) is 0 Å². The Morgan fingerprint density at radius 1 is 0.862 bits per heavy atom. The number of rotatable bonds is 14. The van der Waals surface area contributed by atoms with E-state index in [9.17, 15) is 0 Å². The molecule has 164 valence electrons. The van der Waals surface area contributed by atoms with Gasteiger partial charge in [-0.05, 0) is 36.3 Å². The molecule has 5 N–H and O–H groups in total. The molecule has 1 heterocycles. The molecule has 2 aromatic rings. The molecule has 1 aromatic carbocycles. The van der Waals surface area contributed by atoms with Gasteiger partial charge < -0.3 is 11.5 Å². The minimum Gasteiger partial charge on any atom is -0.324 e. The zero-order valence-corrected chi connectivity index (χ0v) is 19.1. The average Bonchev–Trinajstić information content (AvgIpc) is 3.21. The van der Waals surface area contributed by atoms with Gasteiger partial charge in [-0.15, -0.1) is 5.10 Å². The van der Waals surface area contributed by atoms with Crippen molar-refractivity contribution in [1.29, 1.82) is 0 Å². The van der Waals surface area contributed by atoms with Gasteiger partial charge in [0.05, 0.1) is 5.52 Å². The van der Waals surface area contributed by atoms with E-state index in [0.29, 0.717) is 11.8 Å². The van der Waals surface area contributed by atoms with Crippen LogP contribution in [-0.2, 0) is 0 Å². The molecule has 0 bridgehead atoms. The summed E-state index contributed by atoms with van der Waals surface area (Å²) in [6, 6.07) is 4.15. The van der Waals surface area contributed by atoms with Crippen LogP contribution in [0.3, 0.4) is 0 Å². The Morgan fingerprint density at radius 3 is 2.00 bits per heavy atom. The van der Waals surface area contributed by atoms with E-state index < -0.39 is 0 Å². The van der Waals surface area contributed by atoms with Crippen molar-refractivity contribution in [2.75, 3.05) is 0 Å². The predicted molar refractivity (Wildman–Crippen MR) is 124 cm³/mol. The minimum absolute atomic E-state index is 0.00493. The van der Waals surface area contributed by atoms with Crippen LogP contribution in [0, 0.1) is 11.8 Å². The van der Waals surface area contributed by atoms with Gasteiger partial charge in [0.25, 0.3) is 0 Å². The summed E-state index contributed by atoms with van der Waals surface area (Å²) in [5.74, 6) is 1.30. The Kier molecular flexibility index (Phi) is 10.1. The quantitative estimate of drug-likeness (QED) is 0.353. The van der Waals surface area contributed by atoms with Crippen molar-refractivity contribution in [2.24, 2.45) is 23.3 Å². The molecule has 0 fully saturated rings. The molecule has 5 nitrogen and oxygen atoms in total. The second kappa shape index (κ2) is 12.3. The normalized spacial score (nSPS) is 16.1. The number of hydrogen-bond acceptors (Lipinski definition) is 4. The van der Waals surface area contributed by atoms with E-state index in [1.54, 1.807) is 0 Å². The van der Waals surface area contributed by atoms with Crippen LogP contribution in [0.5, 0.6) is 0 Å². The van der Waals surface area contributed by atoms with E-state index in [1.165, 1.54) is 56.9 Å². The Labute approximate surface area is 177 Å². The van der Waals surface area contributed by atoms with E-state index in [0.717, 1.165) is 29.4 Å². The number of aromatic nitrogens is 3. The van der Waals surface area contributed by atoms with Crippen LogP contribution in [0.25, 0.3) is 11.0 Å². The van der Waals surface area contributed by atoms with Gasteiger partial charge in [0, 0.05) is 17.6 Å². The highest BCUT2D eigenvalue weighted by molar-refractivity contribution is 5.79. The first kappa shape index (κ1) is 23.8. The Bertz CT molecular complexity index is 710. The first-order chi connectivity index (χ1) is 14.0. The monoisotopic (exact) mass is 401 g/mol. The molecule has 0 spiro atoms. The molecule has 0 saturated heterocycles. The number of aromatic amines is 1. The van der Waals surface area contributed by atoms with Gasteiger partial charge in [-0.1, -0.05) is 90.3 Å². The zero-order valence-electron chi connectivity index (χ0n) is 19.1. The number of benzene rings is 1. The first-order valence-corrected chi connectivity index (χ1v) is 11.9. The van der Waals surface area contributed by atoms with Gasteiger partial charge in [0.1, 0.15) is 5.52 Å². The third kappa shape index (κ3) is 6.51. The Hall–Kier alpha value is -1.46. The summed E-state index contributed by atoms with van der Waals surface area (Å²) in [5, 5.41) is 11.4. The van der Waals surface area contributed by atoms with E-state index >= 15 is 0 Å². The van der Waals surface area contributed by atoms with Gasteiger partial charge in [-0.3, -0.25) is 5.10 Å². The number of nitrogens with zero attached hydrogens (tertiary/aromatic N) is 2. The third-order valence-corrected chi connectivity index (χ3v) is 6.60. The summed E-state index contributed by atoms with van der Waals surface area (Å²) in [4.78, 5) is 0. The molecule has 1 aromatic heterocycles. The largest absolute Gasteiger partial charge is 0.324 e. The molecule has 0 aliphatic heterocycles. The van der Waals surface area contributed by atoms with Crippen molar-refractivity contribution < 1.29 is 0 Å². The summed E-state index contributed by atoms with van der Waals surface area (Å²) in [5.41, 5.74) is 17.7. The second-order valence-corrected chi connectivity index (χ2v) is 8.79. The number of fused-ring (bicyclic) bond motifs is 1. The SMILES string of the molecule is CCCCC(CC)CC(N)c1ccc2[nH]nnc2c1C(N)CC(CC)CCCC. The van der Waals surface area contributed by atoms with E-state index in [2.05, 4.69) is 55.2 Å². The van der Waals surface area contributed by atoms with E-state index in [4.69, 9.17) is 11.5 Å². The maximum Gasteiger partial charge on any atom is 0.118 e. The van der Waals surface area contributed by atoms with Gasteiger partial charge in [-0.25, -0.2) is 0 Å². The molecule has 0 saturated carbocycles. The highest BCUT2D eigenvalue weighted by atomic mass is 15.3. The highest BCUT2D eigenvalue weighted by Gasteiger charge is 2.24. The van der Waals surface area contributed by atoms with Crippen LogP contribution in [0.1, 0.15) is 115 Å². The Balaban J connectivity index is 2.28. The number of hydrogen-bond donors (Lipinski definition) is 3. The van der Waals surface area contributed by atoms with Crippen molar-refractivity contribution in [3.8, 4) is 0 Å². The minimum atomic E-state index is -0.0534. The maximum atomic E-state index is 6.81. The number of nitrogens with two attached hydrogens (primary N) is 2. The van der Waals surface area contributed by atoms with Gasteiger partial charge in [0.15, 0.2) is 0 Å². The molecule has 0 aliphatic carbocycles. The van der Waals surface area contributed by atoms with Crippen molar-refractivity contribution >= 4 is 11.0 Å². The number of H-pyrrole nitrogens is 1. The van der Waals surface area contributed by atoms with Gasteiger partial charge in [-0.2, -0.15) is 0 Å². The van der Waals surface area contributed by atoms with Crippen molar-refractivity contribution in [3.05, 3.63) is 23.3 Å². The summed E-state index contributed by atoms with van der Waals surface area (Å²) in [6.07, 6.45) is 11.8.